The zero-order chi connectivity index (χ0) is 24.7. The molecule has 0 bridgehead atoms. The van der Waals surface area contributed by atoms with Crippen LogP contribution in [-0.2, 0) is 4.79 Å². The van der Waals surface area contributed by atoms with Crippen LogP contribution < -0.4 is 5.32 Å². The highest BCUT2D eigenvalue weighted by Crippen LogP contribution is 2.38. The first kappa shape index (κ1) is 24.1. The number of nitrogens with one attached hydrogen (secondary N) is 1. The number of thiophene rings is 1. The van der Waals surface area contributed by atoms with E-state index in [2.05, 4.69) is 50.8 Å². The van der Waals surface area contributed by atoms with Crippen LogP contribution in [0.15, 0.2) is 29.3 Å². The third kappa shape index (κ3) is 4.78. The fourth-order valence-electron chi connectivity index (χ4n) is 4.61. The maximum Gasteiger partial charge on any atom is 0.234 e. The molecule has 5 rings (SSSR count). The number of nitrogens with zero attached hydrogens (tertiary/aromatic N) is 6. The van der Waals surface area contributed by atoms with E-state index in [1.807, 2.05) is 31.2 Å². The third-order valence-corrected chi connectivity index (χ3v) is 8.26. The van der Waals surface area contributed by atoms with Gasteiger partial charge in [0.25, 0.3) is 0 Å². The first-order valence-corrected chi connectivity index (χ1v) is 13.0. The van der Waals surface area contributed by atoms with Crippen LogP contribution >= 0.6 is 22.9 Å². The number of hydrogen-bond acceptors (Lipinski definition) is 7. The van der Waals surface area contributed by atoms with Gasteiger partial charge in [0.15, 0.2) is 5.82 Å². The molecule has 1 fully saturated rings. The number of fused-ring (bicyclic) bond motifs is 3. The number of hydrogen-bond donors (Lipinski definition) is 1. The zero-order valence-corrected chi connectivity index (χ0v) is 22.1. The zero-order valence-electron chi connectivity index (χ0n) is 20.5. The number of piperazine rings is 1. The van der Waals surface area contributed by atoms with Crippen LogP contribution in [0.2, 0.25) is 5.02 Å². The lowest BCUT2D eigenvalue weighted by atomic mass is 10.00. The Labute approximate surface area is 214 Å². The smallest absolute Gasteiger partial charge is 0.234 e. The number of amides is 1. The minimum Gasteiger partial charge on any atom is -0.352 e. The number of likely N-dealkylation sites (N-methyl/N-ethyl adjacent to an activating group) is 1. The lowest BCUT2D eigenvalue weighted by Crippen LogP contribution is -2.48. The molecule has 1 unspecified atom stereocenters. The molecule has 1 N–H and O–H groups in total. The Balaban J connectivity index is 1.48. The summed E-state index contributed by atoms with van der Waals surface area (Å²) < 4.78 is 2.10. The van der Waals surface area contributed by atoms with Crippen molar-refractivity contribution < 1.29 is 4.79 Å². The topological polar surface area (TPSA) is 78.7 Å². The highest BCUT2D eigenvalue weighted by molar-refractivity contribution is 7.15. The first-order chi connectivity index (χ1) is 16.8. The average molecular weight is 512 g/mol. The molecular weight excluding hydrogens is 482 g/mol. The lowest BCUT2D eigenvalue weighted by Gasteiger charge is -2.31. The van der Waals surface area contributed by atoms with Gasteiger partial charge in [0, 0.05) is 53.8 Å². The summed E-state index contributed by atoms with van der Waals surface area (Å²) in [5.41, 5.74) is 4.16. The molecule has 2 aromatic heterocycles. The highest BCUT2D eigenvalue weighted by Gasteiger charge is 2.31. The highest BCUT2D eigenvalue weighted by atomic mass is 35.5. The summed E-state index contributed by atoms with van der Waals surface area (Å²) in [6.07, 6.45) is 0. The number of halogens is 1. The minimum absolute atomic E-state index is 0.00614. The molecular formula is C25H30ClN7OS. The first-order valence-electron chi connectivity index (χ1n) is 11.9. The molecule has 2 aliphatic heterocycles. The van der Waals surface area contributed by atoms with Crippen molar-refractivity contribution in [3.8, 4) is 5.00 Å². The number of aliphatic imine (C=N–C) groups is 1. The van der Waals surface area contributed by atoms with Gasteiger partial charge in [0.2, 0.25) is 5.91 Å². The lowest BCUT2D eigenvalue weighted by molar-refractivity contribution is -0.122. The number of carbonyl (C=O) groups is 1. The van der Waals surface area contributed by atoms with Crippen molar-refractivity contribution >= 4 is 34.6 Å². The van der Waals surface area contributed by atoms with E-state index < -0.39 is 0 Å². The Morgan fingerprint density at radius 1 is 1.11 bits per heavy atom. The van der Waals surface area contributed by atoms with Crippen LogP contribution in [0.25, 0.3) is 5.00 Å². The Bertz CT molecular complexity index is 1270. The number of carbonyl (C=O) groups excluding carboxylic acids is 1. The van der Waals surface area contributed by atoms with Crippen molar-refractivity contribution in [2.45, 2.75) is 26.8 Å². The summed E-state index contributed by atoms with van der Waals surface area (Å²) in [6.45, 7) is 10.7. The van der Waals surface area contributed by atoms with Crippen molar-refractivity contribution in [2.24, 2.45) is 4.99 Å². The fourth-order valence-corrected chi connectivity index (χ4v) is 5.95. The summed E-state index contributed by atoms with van der Waals surface area (Å²) in [4.78, 5) is 23.7. The Kier molecular flexibility index (Phi) is 6.76. The van der Waals surface area contributed by atoms with Crippen molar-refractivity contribution in [2.75, 3.05) is 46.3 Å². The second-order valence-corrected chi connectivity index (χ2v) is 10.9. The van der Waals surface area contributed by atoms with Gasteiger partial charge in [-0.15, -0.1) is 21.5 Å². The Morgan fingerprint density at radius 3 is 2.54 bits per heavy atom. The van der Waals surface area contributed by atoms with E-state index in [1.54, 1.807) is 11.3 Å². The maximum atomic E-state index is 12.8. The molecule has 0 spiro atoms. The summed E-state index contributed by atoms with van der Waals surface area (Å²) in [5.74, 6) is 1.56. The monoisotopic (exact) mass is 511 g/mol. The molecule has 184 valence electrons. The second kappa shape index (κ2) is 9.81. The van der Waals surface area contributed by atoms with E-state index in [1.165, 1.54) is 10.4 Å². The standard InChI is InChI=1S/C25H30ClN7OS/c1-15-16(2)35-25-22(15)23(18-5-7-19(26)8-6-18)28-20(24-30-29-17(3)33(24)25)13-27-21(34)14-32-11-9-31(4)10-12-32/h5-8,20H,9-14H2,1-4H3,(H,27,34). The average Bonchev–Trinajstić information content (AvgIpc) is 3.31. The normalized spacial score (nSPS) is 18.5. The molecule has 0 radical (unpaired) electrons. The van der Waals surface area contributed by atoms with Crippen LogP contribution in [0.5, 0.6) is 0 Å². The van der Waals surface area contributed by atoms with Crippen molar-refractivity contribution in [3.05, 3.63) is 62.5 Å². The summed E-state index contributed by atoms with van der Waals surface area (Å²) >= 11 is 7.90. The van der Waals surface area contributed by atoms with E-state index in [4.69, 9.17) is 16.6 Å². The van der Waals surface area contributed by atoms with Crippen molar-refractivity contribution in [1.29, 1.82) is 0 Å². The molecule has 4 heterocycles. The molecule has 1 aromatic carbocycles. The van der Waals surface area contributed by atoms with Crippen LogP contribution in [-0.4, -0.2) is 82.5 Å². The second-order valence-electron chi connectivity index (χ2n) is 9.29. The fraction of sp³-hybridized carbons (Fsp3) is 0.440. The predicted molar refractivity (Wildman–Crippen MR) is 140 cm³/mol. The third-order valence-electron chi connectivity index (χ3n) is 6.81. The van der Waals surface area contributed by atoms with Gasteiger partial charge in [-0.05, 0) is 45.5 Å². The largest absolute Gasteiger partial charge is 0.352 e. The van der Waals surface area contributed by atoms with E-state index in [-0.39, 0.29) is 11.9 Å². The van der Waals surface area contributed by atoms with Crippen LogP contribution in [0.1, 0.15) is 39.3 Å². The van der Waals surface area contributed by atoms with E-state index in [0.717, 1.165) is 59.7 Å². The van der Waals surface area contributed by atoms with Gasteiger partial charge >= 0.3 is 0 Å². The van der Waals surface area contributed by atoms with Gasteiger partial charge in [-0.3, -0.25) is 19.3 Å². The number of aromatic nitrogens is 3. The molecule has 0 saturated carbocycles. The van der Waals surface area contributed by atoms with Crippen molar-refractivity contribution in [3.63, 3.8) is 0 Å². The molecule has 3 aromatic rings. The minimum atomic E-state index is -0.363. The SMILES string of the molecule is Cc1sc2c(c1C)C(c1ccc(Cl)cc1)=NC(CNC(=O)CN1CCN(C)CC1)c1nnc(C)n1-2. The van der Waals surface area contributed by atoms with Crippen LogP contribution in [0.4, 0.5) is 0 Å². The number of benzene rings is 1. The van der Waals surface area contributed by atoms with Crippen molar-refractivity contribution in [1.82, 2.24) is 29.9 Å². The molecule has 35 heavy (non-hydrogen) atoms. The quantitative estimate of drug-likeness (QED) is 0.569. The number of rotatable bonds is 5. The van der Waals surface area contributed by atoms with E-state index in [9.17, 15) is 4.79 Å². The molecule has 2 aliphatic rings. The molecule has 1 saturated heterocycles. The molecule has 8 nitrogen and oxygen atoms in total. The van der Waals surface area contributed by atoms with E-state index in [0.29, 0.717) is 18.1 Å². The molecule has 1 amide bonds. The predicted octanol–water partition coefficient (Wildman–Crippen LogP) is 3.16. The summed E-state index contributed by atoms with van der Waals surface area (Å²) in [6, 6.07) is 7.41. The summed E-state index contributed by atoms with van der Waals surface area (Å²) in [7, 11) is 2.11. The van der Waals surface area contributed by atoms with Gasteiger partial charge < -0.3 is 10.2 Å². The Hall–Kier alpha value is -2.59. The van der Waals surface area contributed by atoms with Gasteiger partial charge in [-0.25, -0.2) is 0 Å². The number of aryl methyl sites for hydroxylation is 2. The summed E-state index contributed by atoms with van der Waals surface area (Å²) in [5, 5.41) is 13.7. The van der Waals surface area contributed by atoms with Gasteiger partial charge in [-0.2, -0.15) is 0 Å². The van der Waals surface area contributed by atoms with Gasteiger partial charge in [0.05, 0.1) is 12.3 Å². The molecule has 0 aliphatic carbocycles. The maximum absolute atomic E-state index is 12.8. The van der Waals surface area contributed by atoms with Gasteiger partial charge in [-0.1, -0.05) is 23.7 Å². The van der Waals surface area contributed by atoms with E-state index >= 15 is 0 Å². The molecule has 10 heteroatoms. The van der Waals surface area contributed by atoms with Crippen LogP contribution in [0, 0.1) is 20.8 Å². The van der Waals surface area contributed by atoms with Gasteiger partial charge in [0.1, 0.15) is 16.9 Å². The van der Waals surface area contributed by atoms with Crippen LogP contribution in [0.3, 0.4) is 0 Å². The molecule has 1 atom stereocenters. The Morgan fingerprint density at radius 2 is 1.83 bits per heavy atom.